The number of carboxylic acid groups (broad SMARTS) is 1. The second-order valence-electron chi connectivity index (χ2n) is 6.51. The lowest BCUT2D eigenvalue weighted by Gasteiger charge is -2.15. The zero-order valence-electron chi connectivity index (χ0n) is 14.4. The Bertz CT molecular complexity index is 1030. The molecule has 0 amide bonds. The van der Waals surface area contributed by atoms with Gasteiger partial charge in [0.25, 0.3) is 0 Å². The Labute approximate surface area is 144 Å². The molecule has 1 atom stereocenters. The van der Waals surface area contributed by atoms with Gasteiger partial charge in [-0.3, -0.25) is 4.79 Å². The maximum atomic E-state index is 13.0. The Hall–Kier alpha value is -2.66. The molecule has 3 rings (SSSR count). The van der Waals surface area contributed by atoms with Crippen LogP contribution < -0.4 is 5.43 Å². The van der Waals surface area contributed by atoms with Crippen LogP contribution in [0.4, 0.5) is 0 Å². The lowest BCUT2D eigenvalue weighted by atomic mass is 9.94. The first-order valence-electron chi connectivity index (χ1n) is 8.29. The highest BCUT2D eigenvalue weighted by Crippen LogP contribution is 2.31. The van der Waals surface area contributed by atoms with Gasteiger partial charge in [0.05, 0.1) is 22.4 Å². The first-order chi connectivity index (χ1) is 11.8. The van der Waals surface area contributed by atoms with Crippen LogP contribution >= 0.6 is 0 Å². The largest absolute Gasteiger partial charge is 0.478 e. The number of carbonyl (C=O) groups is 1. The average Bonchev–Trinajstić information content (AvgIpc) is 2.60. The predicted molar refractivity (Wildman–Crippen MR) is 96.3 cm³/mol. The van der Waals surface area contributed by atoms with E-state index in [-0.39, 0.29) is 22.3 Å². The van der Waals surface area contributed by atoms with Crippen molar-refractivity contribution in [3.8, 4) is 0 Å². The van der Waals surface area contributed by atoms with Crippen LogP contribution in [0.15, 0.2) is 39.5 Å². The molecule has 0 aliphatic rings. The molecule has 0 fully saturated rings. The molecule has 1 aromatic heterocycles. The van der Waals surface area contributed by atoms with E-state index in [1.54, 1.807) is 6.07 Å². The minimum absolute atomic E-state index is 0.0352. The van der Waals surface area contributed by atoms with Gasteiger partial charge in [0.1, 0.15) is 11.2 Å². The number of hydrogen-bond acceptors (Lipinski definition) is 4. The molecule has 2 N–H and O–H groups in total. The quantitative estimate of drug-likeness (QED) is 0.695. The molecule has 0 radical (unpaired) electrons. The molecular formula is C20H20O5. The molecule has 0 aliphatic carbocycles. The standard InChI is InChI=1S/C20H20O5/c1-4-16(21)13-8-12(10(2)3)9-15-18(22)14-7-11(20(23)24)5-6-17(14)25-19(13)15/h5-10,16,21H,4H2,1-3H3,(H,23,24). The summed E-state index contributed by atoms with van der Waals surface area (Å²) in [6.45, 7) is 5.87. The second-order valence-corrected chi connectivity index (χ2v) is 6.51. The summed E-state index contributed by atoms with van der Waals surface area (Å²) in [7, 11) is 0. The van der Waals surface area contributed by atoms with E-state index in [0.717, 1.165) is 5.56 Å². The molecule has 130 valence electrons. The number of rotatable bonds is 4. The summed E-state index contributed by atoms with van der Waals surface area (Å²) in [5.74, 6) is -0.924. The second kappa shape index (κ2) is 6.33. The van der Waals surface area contributed by atoms with Crippen LogP contribution in [0, 0.1) is 0 Å². The van der Waals surface area contributed by atoms with Crippen molar-refractivity contribution in [2.24, 2.45) is 0 Å². The number of fused-ring (bicyclic) bond motifs is 2. The topological polar surface area (TPSA) is 87.7 Å². The highest BCUT2D eigenvalue weighted by molar-refractivity contribution is 5.96. The van der Waals surface area contributed by atoms with Gasteiger partial charge in [0.15, 0.2) is 0 Å². The van der Waals surface area contributed by atoms with E-state index in [0.29, 0.717) is 28.5 Å². The summed E-state index contributed by atoms with van der Waals surface area (Å²) < 4.78 is 5.90. The normalized spacial score (nSPS) is 12.8. The molecule has 1 heterocycles. The molecule has 2 aromatic carbocycles. The van der Waals surface area contributed by atoms with E-state index in [1.807, 2.05) is 26.8 Å². The van der Waals surface area contributed by atoms with Gasteiger partial charge in [0, 0.05) is 5.56 Å². The van der Waals surface area contributed by atoms with Crippen molar-refractivity contribution in [2.75, 3.05) is 0 Å². The lowest BCUT2D eigenvalue weighted by Crippen LogP contribution is -2.08. The summed E-state index contributed by atoms with van der Waals surface area (Å²) in [6, 6.07) is 7.86. The Morgan fingerprint density at radius 2 is 1.88 bits per heavy atom. The van der Waals surface area contributed by atoms with Crippen molar-refractivity contribution in [2.45, 2.75) is 39.2 Å². The number of aliphatic hydroxyl groups is 1. The van der Waals surface area contributed by atoms with Crippen molar-refractivity contribution < 1.29 is 19.4 Å². The Balaban J connectivity index is 2.45. The van der Waals surface area contributed by atoms with Crippen molar-refractivity contribution in [1.82, 2.24) is 0 Å². The van der Waals surface area contributed by atoms with Gasteiger partial charge in [-0.25, -0.2) is 4.79 Å². The fraction of sp³-hybridized carbons (Fsp3) is 0.300. The molecule has 5 nitrogen and oxygen atoms in total. The predicted octanol–water partition coefficient (Wildman–Crippen LogP) is 4.21. The van der Waals surface area contributed by atoms with Crippen LogP contribution in [-0.2, 0) is 0 Å². The Kier molecular flexibility index (Phi) is 4.35. The monoisotopic (exact) mass is 340 g/mol. The SMILES string of the molecule is CCC(O)c1cc(C(C)C)cc2c(=O)c3cc(C(=O)O)ccc3oc12. The number of benzene rings is 2. The van der Waals surface area contributed by atoms with E-state index in [9.17, 15) is 14.7 Å². The van der Waals surface area contributed by atoms with Crippen molar-refractivity contribution >= 4 is 27.9 Å². The van der Waals surface area contributed by atoms with Gasteiger partial charge >= 0.3 is 5.97 Å². The molecule has 0 saturated carbocycles. The van der Waals surface area contributed by atoms with Crippen LogP contribution in [0.1, 0.15) is 60.7 Å². The Morgan fingerprint density at radius 3 is 2.48 bits per heavy atom. The first-order valence-corrected chi connectivity index (χ1v) is 8.29. The third-order valence-electron chi connectivity index (χ3n) is 4.48. The van der Waals surface area contributed by atoms with Crippen molar-refractivity contribution in [3.63, 3.8) is 0 Å². The maximum Gasteiger partial charge on any atom is 0.335 e. The molecule has 1 unspecified atom stereocenters. The van der Waals surface area contributed by atoms with Crippen molar-refractivity contribution in [1.29, 1.82) is 0 Å². The molecule has 0 saturated heterocycles. The van der Waals surface area contributed by atoms with Crippen LogP contribution in [0.3, 0.4) is 0 Å². The highest BCUT2D eigenvalue weighted by atomic mass is 16.4. The van der Waals surface area contributed by atoms with Gasteiger partial charge < -0.3 is 14.6 Å². The molecule has 3 aromatic rings. The minimum atomic E-state index is -1.10. The molecule has 5 heteroatoms. The fourth-order valence-electron chi connectivity index (χ4n) is 2.94. The smallest absolute Gasteiger partial charge is 0.335 e. The van der Waals surface area contributed by atoms with Crippen LogP contribution in [-0.4, -0.2) is 16.2 Å². The van der Waals surface area contributed by atoms with Gasteiger partial charge in [-0.05, 0) is 48.2 Å². The van der Waals surface area contributed by atoms with Gasteiger partial charge in [-0.1, -0.05) is 20.8 Å². The van der Waals surface area contributed by atoms with Crippen molar-refractivity contribution in [3.05, 3.63) is 57.2 Å². The summed E-state index contributed by atoms with van der Waals surface area (Å²) >= 11 is 0. The third-order valence-corrected chi connectivity index (χ3v) is 4.48. The molecule has 0 aliphatic heterocycles. The molecule has 25 heavy (non-hydrogen) atoms. The van der Waals surface area contributed by atoms with Crippen LogP contribution in [0.5, 0.6) is 0 Å². The summed E-state index contributed by atoms with van der Waals surface area (Å²) in [5.41, 5.74) is 1.93. The zero-order valence-corrected chi connectivity index (χ0v) is 14.4. The van der Waals surface area contributed by atoms with Gasteiger partial charge in [-0.15, -0.1) is 0 Å². The summed E-state index contributed by atoms with van der Waals surface area (Å²) in [4.78, 5) is 24.1. The Morgan fingerprint density at radius 1 is 1.16 bits per heavy atom. The van der Waals surface area contributed by atoms with Crippen LogP contribution in [0.2, 0.25) is 0 Å². The third kappa shape index (κ3) is 2.91. The zero-order chi connectivity index (χ0) is 18.3. The number of aliphatic hydroxyl groups excluding tert-OH is 1. The van der Waals surface area contributed by atoms with Gasteiger partial charge in [-0.2, -0.15) is 0 Å². The summed E-state index contributed by atoms with van der Waals surface area (Å²) in [6.07, 6.45) is -0.240. The lowest BCUT2D eigenvalue weighted by molar-refractivity contribution is 0.0697. The highest BCUT2D eigenvalue weighted by Gasteiger charge is 2.19. The number of hydrogen-bond donors (Lipinski definition) is 2. The van der Waals surface area contributed by atoms with Gasteiger partial charge in [0.2, 0.25) is 5.43 Å². The molecule has 0 bridgehead atoms. The van der Waals surface area contributed by atoms with E-state index >= 15 is 0 Å². The molecular weight excluding hydrogens is 320 g/mol. The van der Waals surface area contributed by atoms with E-state index in [4.69, 9.17) is 9.52 Å². The minimum Gasteiger partial charge on any atom is -0.478 e. The first kappa shape index (κ1) is 17.2. The molecule has 0 spiro atoms. The van der Waals surface area contributed by atoms with E-state index in [2.05, 4.69) is 0 Å². The number of aromatic carboxylic acids is 1. The number of carboxylic acids is 1. The van der Waals surface area contributed by atoms with E-state index < -0.39 is 12.1 Å². The maximum absolute atomic E-state index is 13.0. The average molecular weight is 340 g/mol. The summed E-state index contributed by atoms with van der Waals surface area (Å²) in [5, 5.41) is 20.1. The fourth-order valence-corrected chi connectivity index (χ4v) is 2.94. The van der Waals surface area contributed by atoms with E-state index in [1.165, 1.54) is 18.2 Å². The van der Waals surface area contributed by atoms with Crippen LogP contribution in [0.25, 0.3) is 21.9 Å².